The van der Waals surface area contributed by atoms with Crippen LogP contribution in [-0.2, 0) is 18.0 Å². The van der Waals surface area contributed by atoms with Crippen LogP contribution in [0.4, 0.5) is 13.2 Å². The van der Waals surface area contributed by atoms with Gasteiger partial charge in [-0.25, -0.2) is 4.98 Å². The SMILES string of the molecule is CC(Oc1nc(-c2ccc(C(F)(F)F)nc2)cc2nn(C)cc12)C1CNC(=O)C1. The van der Waals surface area contributed by atoms with Crippen molar-refractivity contribution in [2.24, 2.45) is 13.0 Å². The highest BCUT2D eigenvalue weighted by molar-refractivity contribution is 5.86. The Morgan fingerprint density at radius 2 is 2.14 bits per heavy atom. The van der Waals surface area contributed by atoms with Gasteiger partial charge < -0.3 is 10.1 Å². The molecule has 1 amide bonds. The number of alkyl halides is 3. The minimum absolute atomic E-state index is 0.00686. The van der Waals surface area contributed by atoms with Crippen molar-refractivity contribution in [3.63, 3.8) is 0 Å². The van der Waals surface area contributed by atoms with E-state index in [2.05, 4.69) is 20.4 Å². The Labute approximate surface area is 163 Å². The number of pyridine rings is 2. The standard InChI is InChI=1S/C19H18F3N5O2/c1-10(12-5-17(28)24-8-12)29-18-13-9-27(2)26-15(13)6-14(25-18)11-3-4-16(23-7-11)19(20,21)22/h3-4,6-7,9-10,12H,5,8H2,1-2H3,(H,24,28). The fourth-order valence-electron chi connectivity index (χ4n) is 3.29. The molecule has 1 N–H and O–H groups in total. The van der Waals surface area contributed by atoms with Crippen LogP contribution in [0.2, 0.25) is 0 Å². The summed E-state index contributed by atoms with van der Waals surface area (Å²) >= 11 is 0. The molecule has 1 aliphatic heterocycles. The maximum Gasteiger partial charge on any atom is 0.433 e. The molecule has 4 rings (SSSR count). The number of nitrogens with one attached hydrogen (secondary N) is 1. The second-order valence-electron chi connectivity index (χ2n) is 7.07. The highest BCUT2D eigenvalue weighted by atomic mass is 19.4. The van der Waals surface area contributed by atoms with E-state index in [4.69, 9.17) is 4.74 Å². The fourth-order valence-corrected chi connectivity index (χ4v) is 3.29. The number of nitrogens with zero attached hydrogens (tertiary/aromatic N) is 4. The zero-order chi connectivity index (χ0) is 20.8. The molecule has 0 aromatic carbocycles. The molecule has 7 nitrogen and oxygen atoms in total. The lowest BCUT2D eigenvalue weighted by atomic mass is 10.0. The zero-order valence-electron chi connectivity index (χ0n) is 15.7. The van der Waals surface area contributed by atoms with Crippen LogP contribution in [0.5, 0.6) is 5.88 Å². The Hall–Kier alpha value is -3.17. The van der Waals surface area contributed by atoms with Crippen LogP contribution in [0.15, 0.2) is 30.6 Å². The second kappa shape index (κ2) is 7.02. The molecule has 29 heavy (non-hydrogen) atoms. The number of carbonyl (C=O) groups excluding carboxylic acids is 1. The zero-order valence-corrected chi connectivity index (χ0v) is 15.7. The summed E-state index contributed by atoms with van der Waals surface area (Å²) in [5.74, 6) is 0.305. The highest BCUT2D eigenvalue weighted by Gasteiger charge is 2.32. The quantitative estimate of drug-likeness (QED) is 0.722. The predicted molar refractivity (Wildman–Crippen MR) is 97.9 cm³/mol. The van der Waals surface area contributed by atoms with Gasteiger partial charge in [-0.2, -0.15) is 18.3 Å². The molecule has 10 heteroatoms. The molecule has 0 aliphatic carbocycles. The van der Waals surface area contributed by atoms with Crippen LogP contribution < -0.4 is 10.1 Å². The average molecular weight is 405 g/mol. The first kappa shape index (κ1) is 19.2. The molecular formula is C19H18F3N5O2. The molecule has 0 spiro atoms. The minimum atomic E-state index is -4.51. The lowest BCUT2D eigenvalue weighted by Crippen LogP contribution is -2.26. The van der Waals surface area contributed by atoms with Gasteiger partial charge >= 0.3 is 6.18 Å². The maximum atomic E-state index is 12.8. The summed E-state index contributed by atoms with van der Waals surface area (Å²) in [4.78, 5) is 19.5. The molecule has 4 heterocycles. The second-order valence-corrected chi connectivity index (χ2v) is 7.07. The number of fused-ring (bicyclic) bond motifs is 1. The monoisotopic (exact) mass is 405 g/mol. The Morgan fingerprint density at radius 1 is 1.34 bits per heavy atom. The molecule has 3 aromatic rings. The predicted octanol–water partition coefficient (Wildman–Crippen LogP) is 2.95. The molecule has 152 valence electrons. The summed E-state index contributed by atoms with van der Waals surface area (Å²) in [6.45, 7) is 2.39. The third kappa shape index (κ3) is 3.87. The van der Waals surface area contributed by atoms with E-state index in [1.54, 1.807) is 24.0 Å². The number of rotatable bonds is 4. The number of ether oxygens (including phenoxy) is 1. The van der Waals surface area contributed by atoms with Crippen molar-refractivity contribution in [3.05, 3.63) is 36.3 Å². The van der Waals surface area contributed by atoms with E-state index in [0.717, 1.165) is 12.3 Å². The molecule has 1 fully saturated rings. The Kier molecular flexibility index (Phi) is 4.64. The van der Waals surface area contributed by atoms with Crippen molar-refractivity contribution >= 4 is 16.8 Å². The molecule has 1 saturated heterocycles. The average Bonchev–Trinajstić information content (AvgIpc) is 3.26. The van der Waals surface area contributed by atoms with Crippen LogP contribution in [0.3, 0.4) is 0 Å². The van der Waals surface area contributed by atoms with Crippen LogP contribution in [0, 0.1) is 5.92 Å². The molecule has 2 atom stereocenters. The van der Waals surface area contributed by atoms with Crippen molar-refractivity contribution in [2.75, 3.05) is 6.54 Å². The largest absolute Gasteiger partial charge is 0.474 e. The van der Waals surface area contributed by atoms with Gasteiger partial charge in [-0.1, -0.05) is 0 Å². The summed E-state index contributed by atoms with van der Waals surface area (Å²) in [6, 6.07) is 3.91. The van der Waals surface area contributed by atoms with Crippen molar-refractivity contribution < 1.29 is 22.7 Å². The lowest BCUT2D eigenvalue weighted by Gasteiger charge is -2.19. The maximum absolute atomic E-state index is 12.8. The molecule has 0 saturated carbocycles. The van der Waals surface area contributed by atoms with Crippen molar-refractivity contribution in [1.29, 1.82) is 0 Å². The number of hydrogen-bond acceptors (Lipinski definition) is 5. The van der Waals surface area contributed by atoms with Gasteiger partial charge in [0.05, 0.1) is 16.6 Å². The van der Waals surface area contributed by atoms with E-state index < -0.39 is 11.9 Å². The first-order valence-corrected chi connectivity index (χ1v) is 9.02. The number of carbonyl (C=O) groups is 1. The molecule has 3 aromatic heterocycles. The van der Waals surface area contributed by atoms with E-state index in [-0.39, 0.29) is 17.9 Å². The van der Waals surface area contributed by atoms with E-state index in [9.17, 15) is 18.0 Å². The molecule has 2 unspecified atom stereocenters. The van der Waals surface area contributed by atoms with E-state index in [1.807, 2.05) is 6.92 Å². The summed E-state index contributed by atoms with van der Waals surface area (Å²) in [6.07, 6.45) is -1.53. The minimum Gasteiger partial charge on any atom is -0.474 e. The highest BCUT2D eigenvalue weighted by Crippen LogP contribution is 2.32. The van der Waals surface area contributed by atoms with Gasteiger partial charge in [0.25, 0.3) is 0 Å². The smallest absolute Gasteiger partial charge is 0.433 e. The van der Waals surface area contributed by atoms with Crippen LogP contribution in [-0.4, -0.2) is 38.3 Å². The molecule has 0 bridgehead atoms. The van der Waals surface area contributed by atoms with Crippen molar-refractivity contribution in [1.82, 2.24) is 25.1 Å². The Morgan fingerprint density at radius 3 is 2.76 bits per heavy atom. The normalized spacial score (nSPS) is 18.1. The third-order valence-corrected chi connectivity index (χ3v) is 4.90. The number of amides is 1. The molecule has 1 aliphatic rings. The van der Waals surface area contributed by atoms with Crippen LogP contribution in [0.25, 0.3) is 22.2 Å². The Bertz CT molecular complexity index is 1060. The van der Waals surface area contributed by atoms with E-state index >= 15 is 0 Å². The molecular weight excluding hydrogens is 387 g/mol. The first-order chi connectivity index (χ1) is 13.7. The summed E-state index contributed by atoms with van der Waals surface area (Å²) in [5.41, 5.74) is 0.449. The summed E-state index contributed by atoms with van der Waals surface area (Å²) < 4.78 is 46.0. The van der Waals surface area contributed by atoms with E-state index in [0.29, 0.717) is 41.0 Å². The number of aromatic nitrogens is 4. The summed E-state index contributed by atoms with van der Waals surface area (Å²) in [7, 11) is 1.76. The third-order valence-electron chi connectivity index (χ3n) is 4.90. The Balaban J connectivity index is 1.70. The van der Waals surface area contributed by atoms with Gasteiger partial charge in [0.1, 0.15) is 11.8 Å². The fraction of sp³-hybridized carbons (Fsp3) is 0.368. The number of halogens is 3. The van der Waals surface area contributed by atoms with Crippen molar-refractivity contribution in [2.45, 2.75) is 25.6 Å². The number of aryl methyl sites for hydroxylation is 1. The number of hydrogen-bond donors (Lipinski definition) is 1. The van der Waals surface area contributed by atoms with Gasteiger partial charge in [-0.3, -0.25) is 14.5 Å². The van der Waals surface area contributed by atoms with Crippen LogP contribution >= 0.6 is 0 Å². The van der Waals surface area contributed by atoms with Crippen molar-refractivity contribution in [3.8, 4) is 17.1 Å². The van der Waals surface area contributed by atoms with Crippen LogP contribution in [0.1, 0.15) is 19.0 Å². The lowest BCUT2D eigenvalue weighted by molar-refractivity contribution is -0.141. The van der Waals surface area contributed by atoms with Gasteiger partial charge in [0, 0.05) is 43.9 Å². The molecule has 0 radical (unpaired) electrons. The first-order valence-electron chi connectivity index (χ1n) is 9.02. The van der Waals surface area contributed by atoms with Gasteiger partial charge in [0.2, 0.25) is 11.8 Å². The van der Waals surface area contributed by atoms with Gasteiger partial charge in [0.15, 0.2) is 0 Å². The van der Waals surface area contributed by atoms with Gasteiger partial charge in [-0.15, -0.1) is 0 Å². The summed E-state index contributed by atoms with van der Waals surface area (Å²) in [5, 5.41) is 7.82. The van der Waals surface area contributed by atoms with E-state index in [1.165, 1.54) is 6.07 Å². The topological polar surface area (TPSA) is 81.9 Å². The van der Waals surface area contributed by atoms with Gasteiger partial charge in [-0.05, 0) is 25.1 Å².